The van der Waals surface area contributed by atoms with Crippen LogP contribution in [-0.4, -0.2) is 26.3 Å². The van der Waals surface area contributed by atoms with E-state index in [0.29, 0.717) is 6.61 Å². The van der Waals surface area contributed by atoms with E-state index in [9.17, 15) is 0 Å². The zero-order valence-electron chi connectivity index (χ0n) is 6.86. The third kappa shape index (κ3) is 7.92. The van der Waals surface area contributed by atoms with Gasteiger partial charge in [0.15, 0.2) is 0 Å². The van der Waals surface area contributed by atoms with Gasteiger partial charge in [-0.05, 0) is 19.9 Å². The van der Waals surface area contributed by atoms with Crippen LogP contribution in [0, 0.1) is 6.92 Å². The van der Waals surface area contributed by atoms with E-state index >= 15 is 0 Å². The molecule has 0 unspecified atom stereocenters. The van der Waals surface area contributed by atoms with Gasteiger partial charge in [-0.3, -0.25) is 0 Å². The maximum absolute atomic E-state index is 5.04. The molecule has 10 heavy (non-hydrogen) atoms. The van der Waals surface area contributed by atoms with Gasteiger partial charge in [-0.25, -0.2) is 0 Å². The lowest BCUT2D eigenvalue weighted by Crippen LogP contribution is -2.20. The first-order valence-electron chi connectivity index (χ1n) is 3.99. The summed E-state index contributed by atoms with van der Waals surface area (Å²) in [6.45, 7) is 9.18. The average Bonchev–Trinajstić information content (AvgIpc) is 1.97. The molecule has 0 spiro atoms. The normalized spacial score (nSPS) is 10.2. The Bertz CT molecular complexity index is 49.2. The Morgan fingerprint density at radius 1 is 1.40 bits per heavy atom. The second-order valence-corrected chi connectivity index (χ2v) is 2.22. The van der Waals surface area contributed by atoms with Crippen LogP contribution in [0.2, 0.25) is 0 Å². The number of unbranched alkanes of at least 4 members (excludes halogenated alkanes) is 1. The molecule has 0 bridgehead atoms. The second kappa shape index (κ2) is 8.92. The molecule has 0 aromatic heterocycles. The maximum atomic E-state index is 5.04. The van der Waals surface area contributed by atoms with Gasteiger partial charge in [-0.1, -0.05) is 13.3 Å². The number of ether oxygens (including phenoxy) is 1. The van der Waals surface area contributed by atoms with Crippen molar-refractivity contribution in [3.63, 3.8) is 0 Å². The summed E-state index contributed by atoms with van der Waals surface area (Å²) < 4.78 is 5.04. The Morgan fingerprint density at radius 2 is 2.20 bits per heavy atom. The minimum Gasteiger partial charge on any atom is -0.380 e. The predicted molar refractivity (Wildman–Crippen MR) is 44.0 cm³/mol. The van der Waals surface area contributed by atoms with E-state index in [2.05, 4.69) is 19.2 Å². The molecule has 0 amide bonds. The molecule has 0 heterocycles. The highest BCUT2D eigenvalue weighted by atomic mass is 16.5. The van der Waals surface area contributed by atoms with Gasteiger partial charge >= 0.3 is 0 Å². The first-order valence-corrected chi connectivity index (χ1v) is 3.99. The van der Waals surface area contributed by atoms with Gasteiger partial charge < -0.3 is 10.1 Å². The zero-order chi connectivity index (χ0) is 7.66. The number of rotatable bonds is 7. The van der Waals surface area contributed by atoms with Gasteiger partial charge in [0.2, 0.25) is 0 Å². The molecule has 0 atom stereocenters. The van der Waals surface area contributed by atoms with Crippen LogP contribution in [0.4, 0.5) is 0 Å². The van der Waals surface area contributed by atoms with E-state index in [1.807, 2.05) is 0 Å². The summed E-state index contributed by atoms with van der Waals surface area (Å²) in [7, 11) is 0. The van der Waals surface area contributed by atoms with Gasteiger partial charge in [-0.2, -0.15) is 0 Å². The molecule has 1 N–H and O–H groups in total. The van der Waals surface area contributed by atoms with Gasteiger partial charge in [0.25, 0.3) is 0 Å². The lowest BCUT2D eigenvalue weighted by atomic mass is 10.3. The highest BCUT2D eigenvalue weighted by Crippen LogP contribution is 1.81. The van der Waals surface area contributed by atoms with Crippen LogP contribution in [0.1, 0.15) is 19.8 Å². The van der Waals surface area contributed by atoms with Gasteiger partial charge in [-0.15, -0.1) is 0 Å². The second-order valence-electron chi connectivity index (χ2n) is 2.22. The smallest absolute Gasteiger partial charge is 0.0590 e. The van der Waals surface area contributed by atoms with Crippen molar-refractivity contribution in [3.8, 4) is 0 Å². The van der Waals surface area contributed by atoms with E-state index in [-0.39, 0.29) is 0 Å². The molecule has 0 fully saturated rings. The Morgan fingerprint density at radius 3 is 2.80 bits per heavy atom. The molecule has 0 saturated heterocycles. The SMILES string of the molecule is [CH2]COCCNCCCC. The molecule has 0 aromatic carbocycles. The molecular weight excluding hydrogens is 126 g/mol. The molecule has 0 saturated carbocycles. The minimum atomic E-state index is 0.579. The molecule has 2 heteroatoms. The average molecular weight is 144 g/mol. The third-order valence-electron chi connectivity index (χ3n) is 1.27. The topological polar surface area (TPSA) is 21.3 Å². The lowest BCUT2D eigenvalue weighted by molar-refractivity contribution is 0.162. The fourth-order valence-electron chi connectivity index (χ4n) is 0.673. The van der Waals surface area contributed by atoms with Crippen molar-refractivity contribution in [1.29, 1.82) is 0 Å². The summed E-state index contributed by atoms with van der Waals surface area (Å²) in [4.78, 5) is 0. The summed E-state index contributed by atoms with van der Waals surface area (Å²) in [6.07, 6.45) is 2.51. The van der Waals surface area contributed by atoms with E-state index in [4.69, 9.17) is 4.74 Å². The van der Waals surface area contributed by atoms with E-state index in [0.717, 1.165) is 19.7 Å². The fraction of sp³-hybridized carbons (Fsp3) is 0.875. The Labute approximate surface area is 64.0 Å². The van der Waals surface area contributed by atoms with Crippen LogP contribution < -0.4 is 5.32 Å². The fourth-order valence-corrected chi connectivity index (χ4v) is 0.673. The number of hydrogen-bond acceptors (Lipinski definition) is 2. The highest BCUT2D eigenvalue weighted by Gasteiger charge is 1.84. The Kier molecular flexibility index (Phi) is 8.85. The third-order valence-corrected chi connectivity index (χ3v) is 1.27. The summed E-state index contributed by atoms with van der Waals surface area (Å²) in [5.74, 6) is 0. The van der Waals surface area contributed by atoms with Crippen LogP contribution >= 0.6 is 0 Å². The first kappa shape index (κ1) is 9.92. The number of nitrogens with one attached hydrogen (secondary N) is 1. The van der Waals surface area contributed by atoms with Crippen LogP contribution in [0.15, 0.2) is 0 Å². The summed E-state index contributed by atoms with van der Waals surface area (Å²) in [5.41, 5.74) is 0. The van der Waals surface area contributed by atoms with Gasteiger partial charge in [0.1, 0.15) is 0 Å². The van der Waals surface area contributed by atoms with Crippen LogP contribution in [0.3, 0.4) is 0 Å². The van der Waals surface area contributed by atoms with Gasteiger partial charge in [0.05, 0.1) is 6.61 Å². The first-order chi connectivity index (χ1) is 4.91. The van der Waals surface area contributed by atoms with Crippen molar-refractivity contribution < 1.29 is 4.74 Å². The predicted octanol–water partition coefficient (Wildman–Crippen LogP) is 1.23. The van der Waals surface area contributed by atoms with Gasteiger partial charge in [0, 0.05) is 13.2 Å². The largest absolute Gasteiger partial charge is 0.380 e. The molecule has 1 radical (unpaired) electrons. The highest BCUT2D eigenvalue weighted by molar-refractivity contribution is 4.45. The molecule has 0 aromatic rings. The summed E-state index contributed by atoms with van der Waals surface area (Å²) in [6, 6.07) is 0. The van der Waals surface area contributed by atoms with Crippen LogP contribution in [0.25, 0.3) is 0 Å². The van der Waals surface area contributed by atoms with Crippen molar-refractivity contribution in [2.24, 2.45) is 0 Å². The number of hydrogen-bond donors (Lipinski definition) is 1. The molecule has 0 aliphatic heterocycles. The quantitative estimate of drug-likeness (QED) is 0.543. The Hall–Kier alpha value is -0.0800. The van der Waals surface area contributed by atoms with E-state index < -0.39 is 0 Å². The van der Waals surface area contributed by atoms with Crippen molar-refractivity contribution in [3.05, 3.63) is 6.92 Å². The molecule has 0 rings (SSSR count). The van der Waals surface area contributed by atoms with Crippen LogP contribution in [0.5, 0.6) is 0 Å². The monoisotopic (exact) mass is 144 g/mol. The van der Waals surface area contributed by atoms with Crippen molar-refractivity contribution >= 4 is 0 Å². The van der Waals surface area contributed by atoms with Crippen LogP contribution in [-0.2, 0) is 4.74 Å². The molecule has 61 valence electrons. The lowest BCUT2D eigenvalue weighted by Gasteiger charge is -2.02. The van der Waals surface area contributed by atoms with Crippen molar-refractivity contribution in [1.82, 2.24) is 5.32 Å². The van der Waals surface area contributed by atoms with E-state index in [1.54, 1.807) is 0 Å². The summed E-state index contributed by atoms with van der Waals surface area (Å²) >= 11 is 0. The molecule has 0 aliphatic rings. The zero-order valence-corrected chi connectivity index (χ0v) is 6.86. The van der Waals surface area contributed by atoms with Crippen molar-refractivity contribution in [2.45, 2.75) is 19.8 Å². The summed E-state index contributed by atoms with van der Waals surface area (Å²) in [5, 5.41) is 3.27. The molecule has 2 nitrogen and oxygen atoms in total. The molecular formula is C8H18NO. The minimum absolute atomic E-state index is 0.579. The van der Waals surface area contributed by atoms with E-state index in [1.165, 1.54) is 12.8 Å². The standard InChI is InChI=1S/C8H18NO/c1-3-5-6-9-7-8-10-4-2/h9H,2-8H2,1H3. The maximum Gasteiger partial charge on any atom is 0.0590 e. The van der Waals surface area contributed by atoms with Crippen molar-refractivity contribution in [2.75, 3.05) is 26.3 Å². The Balaban J connectivity index is 2.65. The molecule has 0 aliphatic carbocycles.